The first-order chi connectivity index (χ1) is 64.2. The van der Waals surface area contributed by atoms with Crippen molar-refractivity contribution in [3.8, 4) is 50.4 Å². The minimum atomic E-state index is -4.56. The number of ether oxygens (including phenoxy) is 5. The molecule has 0 unspecified atom stereocenters. The van der Waals surface area contributed by atoms with Crippen LogP contribution in [0.2, 0.25) is 0 Å². The largest absolute Gasteiger partial charge is 0.480 e. The van der Waals surface area contributed by atoms with Crippen LogP contribution in [0.25, 0.3) is 44.5 Å². The van der Waals surface area contributed by atoms with Crippen molar-refractivity contribution in [1.29, 1.82) is 0 Å². The van der Waals surface area contributed by atoms with Crippen molar-refractivity contribution in [3.05, 3.63) is 311 Å². The highest BCUT2D eigenvalue weighted by molar-refractivity contribution is 6.07. The molecule has 37 heteroatoms. The van der Waals surface area contributed by atoms with Gasteiger partial charge in [-0.2, -0.15) is 52.7 Å². The molecule has 5 N–H and O–H groups in total. The van der Waals surface area contributed by atoms with Crippen molar-refractivity contribution in [2.45, 2.75) is 52.4 Å². The van der Waals surface area contributed by atoms with E-state index >= 15 is 0 Å². The Kier molecular flexibility index (Phi) is 31.0. The number of pyridine rings is 5. The first kappa shape index (κ1) is 98.1. The predicted octanol–water partition coefficient (Wildman–Crippen LogP) is 18.0. The maximum atomic E-state index is 13.0. The monoisotopic (exact) mass is 1870 g/mol. The number of methoxy groups -OCH3 is 1. The number of benzene rings is 7. The molecule has 4 aliphatic heterocycles. The van der Waals surface area contributed by atoms with Crippen LogP contribution in [0.3, 0.4) is 0 Å². The third-order valence-corrected chi connectivity index (χ3v) is 22.6. The number of H-pyrrole nitrogens is 1. The molecule has 4 aliphatic rings. The fraction of sp³-hybridized carbons (Fsp3) is 0.276. The van der Waals surface area contributed by atoms with Crippen molar-refractivity contribution in [2.75, 3.05) is 153 Å². The molecule has 4 fully saturated rings. The van der Waals surface area contributed by atoms with E-state index in [9.17, 15) is 86.2 Å². The molecule has 4 amide bonds. The van der Waals surface area contributed by atoms with Crippen molar-refractivity contribution >= 4 is 69.1 Å². The first-order valence-electron chi connectivity index (χ1n) is 42.5. The number of anilines is 8. The summed E-state index contributed by atoms with van der Waals surface area (Å²) in [5, 5.41) is 10.5. The van der Waals surface area contributed by atoms with Gasteiger partial charge >= 0.3 is 24.7 Å². The minimum absolute atomic E-state index is 0.0716. The molecule has 0 radical (unpaired) electrons. The highest BCUT2D eigenvalue weighted by Gasteiger charge is 2.35. The number of alkyl halides is 12. The third-order valence-electron chi connectivity index (χ3n) is 22.6. The maximum Gasteiger partial charge on any atom is 0.416 e. The molecular weight excluding hydrogens is 1780 g/mol. The van der Waals surface area contributed by atoms with Gasteiger partial charge in [0.1, 0.15) is 5.69 Å². The Morgan fingerprint density at radius 2 is 0.689 bits per heavy atom. The van der Waals surface area contributed by atoms with E-state index in [1.807, 2.05) is 39.0 Å². The Morgan fingerprint density at radius 1 is 0.363 bits per heavy atom. The van der Waals surface area contributed by atoms with Crippen molar-refractivity contribution in [3.63, 3.8) is 0 Å². The van der Waals surface area contributed by atoms with Gasteiger partial charge in [0, 0.05) is 159 Å². The summed E-state index contributed by atoms with van der Waals surface area (Å²) in [7, 11) is 4.92. The number of aromatic amines is 1. The third kappa shape index (κ3) is 24.9. The molecule has 0 aliphatic carbocycles. The molecule has 0 atom stereocenters. The number of nitrogens with zero attached hydrogens (tertiary/aromatic N) is 8. The number of hydrogen-bond donors (Lipinski definition) is 5. The average Bonchev–Trinajstić information content (AvgIpc) is 0.800. The normalized spacial score (nSPS) is 14.2. The summed E-state index contributed by atoms with van der Waals surface area (Å²) >= 11 is 0. The summed E-state index contributed by atoms with van der Waals surface area (Å²) in [5.74, 6) is -2.17. The van der Waals surface area contributed by atoms with Gasteiger partial charge in [-0.25, -0.2) is 4.98 Å². The van der Waals surface area contributed by atoms with Crippen molar-refractivity contribution in [2.24, 2.45) is 14.1 Å². The zero-order valence-electron chi connectivity index (χ0n) is 74.0. The number of aromatic nitrogens is 5. The Morgan fingerprint density at radius 3 is 1.07 bits per heavy atom. The molecule has 0 spiro atoms. The summed E-state index contributed by atoms with van der Waals surface area (Å²) in [6, 6.07) is 41.4. The zero-order valence-corrected chi connectivity index (χ0v) is 74.0. The standard InChI is InChI=1S/2C25H24F3N3O3.C24H23F3N4O3.C24H22F3N3O3/c1-16-6-7-20(30-23(32)17-4-3-5-19(12-17)25(26,27)28)14-21(16)18-13-22(24(33-2)29-15-18)31-8-10-34-11-9-31;1-16-6-7-19(29-23(32)17-4-3-5-18(12-17)25(26,27)28)13-21(16)22-14-20(15-30(2)24(22)33)31-8-10-34-11-9-31;1-15-20(21-12-19(14-30(2)23(21)33)31-6-8-34-9-7-31)11-18(13-28-15)29-22(32)16-4-3-5-17(10-16)24(25,26)27;1-15-5-6-18(29-22(31)16-3-2-4-17(11-16)24(25,26)27)12-20(15)21-13-19(14-28-23(21)32)30-7-9-33-10-8-30/h3-7,12-15H,8-11H2,1-2H3,(H,30,32);3-7,12-15H,8-11H2,1-2H3,(H,29,32);3-5,10-14H,6-9H2,1-2H3,(H,29,32);2-6,11-14H,7-10H2,1H3,(H,28,32)(H,29,31). The number of rotatable bonds is 17. The Hall–Kier alpha value is -14.4. The van der Waals surface area contributed by atoms with Crippen LogP contribution in [0.15, 0.2) is 227 Å². The van der Waals surface area contributed by atoms with Crippen LogP contribution < -0.4 is 62.3 Å². The molecular formula is C98H93F12N13O12. The van der Waals surface area contributed by atoms with Crippen molar-refractivity contribution in [1.82, 2.24) is 24.1 Å². The van der Waals surface area contributed by atoms with Crippen LogP contribution in [-0.2, 0) is 57.7 Å². The van der Waals surface area contributed by atoms with Crippen LogP contribution in [-0.4, -0.2) is 160 Å². The quantitative estimate of drug-likeness (QED) is 0.0530. The molecule has 25 nitrogen and oxygen atoms in total. The van der Waals surface area contributed by atoms with E-state index in [0.29, 0.717) is 167 Å². The second kappa shape index (κ2) is 42.6. The van der Waals surface area contributed by atoms with Gasteiger partial charge in [-0.05, 0) is 201 Å². The molecule has 16 rings (SSSR count). The summed E-state index contributed by atoms with van der Waals surface area (Å²) in [4.78, 5) is 109. The number of aryl methyl sites for hydroxylation is 6. The van der Waals surface area contributed by atoms with Crippen LogP contribution in [0.1, 0.15) is 86.1 Å². The number of nitrogens with one attached hydrogen (secondary N) is 5. The van der Waals surface area contributed by atoms with Gasteiger partial charge < -0.3 is 78.7 Å². The Bertz CT molecular complexity index is 6340. The highest BCUT2D eigenvalue weighted by Crippen LogP contribution is 2.39. The molecule has 0 saturated carbocycles. The van der Waals surface area contributed by atoms with Gasteiger partial charge in [-0.3, -0.25) is 38.5 Å². The molecule has 9 heterocycles. The molecule has 5 aromatic heterocycles. The molecule has 7 aromatic carbocycles. The predicted molar refractivity (Wildman–Crippen MR) is 489 cm³/mol. The van der Waals surface area contributed by atoms with Gasteiger partial charge in [-0.1, -0.05) is 42.5 Å². The number of amides is 4. The van der Waals surface area contributed by atoms with E-state index in [0.717, 1.165) is 99.1 Å². The van der Waals surface area contributed by atoms with Crippen LogP contribution in [0.4, 0.5) is 98.2 Å². The van der Waals surface area contributed by atoms with Gasteiger partial charge in [0.15, 0.2) is 0 Å². The lowest BCUT2D eigenvalue weighted by molar-refractivity contribution is -0.138. The van der Waals surface area contributed by atoms with Crippen LogP contribution >= 0.6 is 0 Å². The lowest BCUT2D eigenvalue weighted by Crippen LogP contribution is -2.37. The van der Waals surface area contributed by atoms with E-state index in [-0.39, 0.29) is 44.6 Å². The SMILES string of the molecule is COc1ncc(-c2cc(NC(=O)c3cccc(C(F)(F)F)c3)ccc2C)cc1N1CCOCC1.Cc1ccc(NC(=O)c2cccc(C(F)(F)F)c2)cc1-c1cc(N2CCOCC2)c[nH]c1=O.Cc1ccc(NC(=O)c2cccc(C(F)(F)F)c2)cc1-c1cc(N2CCOCC2)cn(C)c1=O.Cc1ncc(NC(=O)c2cccc(C(F)(F)F)c2)cc1-c1cc(N2CCOCC2)cn(C)c1=O. The zero-order chi connectivity index (χ0) is 96.8. The first-order valence-corrected chi connectivity index (χ1v) is 42.5. The summed E-state index contributed by atoms with van der Waals surface area (Å²) in [6.45, 7) is 17.9. The lowest BCUT2D eigenvalue weighted by Gasteiger charge is -2.29. The summed E-state index contributed by atoms with van der Waals surface area (Å²) < 4.78 is 186. The minimum Gasteiger partial charge on any atom is -0.480 e. The smallest absolute Gasteiger partial charge is 0.416 e. The van der Waals surface area contributed by atoms with Gasteiger partial charge in [0.05, 0.1) is 117 Å². The van der Waals surface area contributed by atoms with Crippen molar-refractivity contribution < 1.29 is 95.5 Å². The van der Waals surface area contributed by atoms with E-state index in [1.54, 1.807) is 120 Å². The van der Waals surface area contributed by atoms with Crippen LogP contribution in [0, 0.1) is 27.7 Å². The summed E-state index contributed by atoms with van der Waals surface area (Å²) in [5.41, 5.74) is 8.16. The van der Waals surface area contributed by atoms with E-state index < -0.39 is 70.6 Å². The van der Waals surface area contributed by atoms with Crippen LogP contribution in [0.5, 0.6) is 5.88 Å². The number of hydrogen-bond acceptors (Lipinski definition) is 18. The topological polar surface area (TPSA) is 278 Å². The molecule has 135 heavy (non-hydrogen) atoms. The van der Waals surface area contributed by atoms with E-state index in [1.165, 1.54) is 63.9 Å². The van der Waals surface area contributed by atoms with Gasteiger partial charge in [-0.15, -0.1) is 0 Å². The fourth-order valence-electron chi connectivity index (χ4n) is 15.2. The second-order valence-corrected chi connectivity index (χ2v) is 31.9. The van der Waals surface area contributed by atoms with E-state index in [2.05, 4.69) is 55.8 Å². The molecule has 4 saturated heterocycles. The Balaban J connectivity index is 0.000000152. The van der Waals surface area contributed by atoms with E-state index in [4.69, 9.17) is 23.7 Å². The number of morpholine rings is 4. The number of halogens is 12. The fourth-order valence-corrected chi connectivity index (χ4v) is 15.2. The lowest BCUT2D eigenvalue weighted by atomic mass is 10.00. The number of carbonyl (C=O) groups excluding carboxylic acids is 4. The maximum absolute atomic E-state index is 13.0. The average molecular weight is 1870 g/mol. The number of carbonyl (C=O) groups is 4. The molecule has 0 bridgehead atoms. The molecule has 706 valence electrons. The highest BCUT2D eigenvalue weighted by atomic mass is 19.4. The Labute approximate surface area is 766 Å². The van der Waals surface area contributed by atoms with Gasteiger partial charge in [0.2, 0.25) is 5.88 Å². The van der Waals surface area contributed by atoms with Gasteiger partial charge in [0.25, 0.3) is 40.3 Å². The molecule has 12 aromatic rings. The second-order valence-electron chi connectivity index (χ2n) is 31.9. The summed E-state index contributed by atoms with van der Waals surface area (Å²) in [6.07, 6.45) is -9.85.